The Kier molecular flexibility index (Phi) is 5.84. The molecule has 0 radical (unpaired) electrons. The van der Waals surface area contributed by atoms with Crippen LogP contribution >= 0.6 is 0 Å². The van der Waals surface area contributed by atoms with E-state index < -0.39 is 6.10 Å². The van der Waals surface area contributed by atoms with E-state index in [4.69, 9.17) is 0 Å². The first-order valence-corrected chi connectivity index (χ1v) is 8.97. The van der Waals surface area contributed by atoms with Crippen molar-refractivity contribution in [2.24, 2.45) is 0 Å². The Balaban J connectivity index is 1.50. The highest BCUT2D eigenvalue weighted by molar-refractivity contribution is 5.80. The predicted octanol–water partition coefficient (Wildman–Crippen LogP) is 2.82. The number of carbonyl (C=O) groups is 1. The molecule has 0 spiro atoms. The molecule has 1 saturated heterocycles. The van der Waals surface area contributed by atoms with Crippen LogP contribution in [0, 0.1) is 0 Å². The van der Waals surface area contributed by atoms with E-state index in [1.54, 1.807) is 0 Å². The minimum absolute atomic E-state index is 0.179. The maximum absolute atomic E-state index is 11.6. The van der Waals surface area contributed by atoms with Crippen LogP contribution in [0.15, 0.2) is 54.6 Å². The van der Waals surface area contributed by atoms with E-state index in [1.807, 2.05) is 6.07 Å². The lowest BCUT2D eigenvalue weighted by molar-refractivity contribution is -0.129. The number of amides is 1. The smallest absolute Gasteiger partial charge is 0.248 e. The minimum Gasteiger partial charge on any atom is -0.384 e. The maximum Gasteiger partial charge on any atom is 0.248 e. The Morgan fingerprint density at radius 3 is 2.28 bits per heavy atom. The molecule has 4 heteroatoms. The SMILES string of the molecule is C[C@@H](O)C(=O)NC1CCN(Cc2ccc(-c3ccccc3)cc2)CC1. The van der Waals surface area contributed by atoms with Crippen LogP contribution in [0.3, 0.4) is 0 Å². The lowest BCUT2D eigenvalue weighted by Crippen LogP contribution is -2.46. The van der Waals surface area contributed by atoms with Gasteiger partial charge >= 0.3 is 0 Å². The molecule has 25 heavy (non-hydrogen) atoms. The molecule has 1 aliphatic heterocycles. The van der Waals surface area contributed by atoms with E-state index in [9.17, 15) is 9.90 Å². The highest BCUT2D eigenvalue weighted by Crippen LogP contribution is 2.20. The third-order valence-corrected chi connectivity index (χ3v) is 4.78. The quantitative estimate of drug-likeness (QED) is 0.881. The number of aliphatic hydroxyl groups is 1. The first-order chi connectivity index (χ1) is 12.1. The fraction of sp³-hybridized carbons (Fsp3) is 0.381. The van der Waals surface area contributed by atoms with Crippen LogP contribution in [0.1, 0.15) is 25.3 Å². The van der Waals surface area contributed by atoms with E-state index in [2.05, 4.69) is 58.7 Å². The summed E-state index contributed by atoms with van der Waals surface area (Å²) in [4.78, 5) is 14.0. The summed E-state index contributed by atoms with van der Waals surface area (Å²) in [5, 5.41) is 12.2. The Morgan fingerprint density at radius 2 is 1.68 bits per heavy atom. The summed E-state index contributed by atoms with van der Waals surface area (Å²) < 4.78 is 0. The molecule has 1 fully saturated rings. The Bertz CT molecular complexity index is 675. The standard InChI is InChI=1S/C21H26N2O2/c1-16(24)21(25)22-20-11-13-23(14-12-20)15-17-7-9-19(10-8-17)18-5-3-2-4-6-18/h2-10,16,20,24H,11-15H2,1H3,(H,22,25)/t16-/m1/s1. The van der Waals surface area contributed by atoms with Crippen molar-refractivity contribution in [2.45, 2.75) is 38.5 Å². The second-order valence-electron chi connectivity index (χ2n) is 6.80. The van der Waals surface area contributed by atoms with Gasteiger partial charge in [0.15, 0.2) is 0 Å². The summed E-state index contributed by atoms with van der Waals surface area (Å²) in [6, 6.07) is 19.3. The molecule has 0 aliphatic carbocycles. The van der Waals surface area contributed by atoms with E-state index >= 15 is 0 Å². The lowest BCUT2D eigenvalue weighted by Gasteiger charge is -2.32. The predicted molar refractivity (Wildman–Crippen MR) is 100 cm³/mol. The van der Waals surface area contributed by atoms with Gasteiger partial charge in [0.25, 0.3) is 0 Å². The van der Waals surface area contributed by atoms with Crippen molar-refractivity contribution in [3.05, 3.63) is 60.2 Å². The van der Waals surface area contributed by atoms with Crippen LogP contribution in [0.25, 0.3) is 11.1 Å². The summed E-state index contributed by atoms with van der Waals surface area (Å²) in [6.45, 7) is 4.37. The van der Waals surface area contributed by atoms with Gasteiger partial charge < -0.3 is 10.4 Å². The molecule has 4 nitrogen and oxygen atoms in total. The number of hydrogen-bond donors (Lipinski definition) is 2. The number of nitrogens with zero attached hydrogens (tertiary/aromatic N) is 1. The van der Waals surface area contributed by atoms with Crippen LogP contribution in [-0.4, -0.2) is 41.1 Å². The average Bonchev–Trinajstić information content (AvgIpc) is 2.64. The molecular formula is C21H26N2O2. The third kappa shape index (κ3) is 4.91. The van der Waals surface area contributed by atoms with Crippen LogP contribution in [0.2, 0.25) is 0 Å². The van der Waals surface area contributed by atoms with E-state index in [1.165, 1.54) is 23.6 Å². The molecule has 132 valence electrons. The van der Waals surface area contributed by atoms with Crippen LogP contribution < -0.4 is 5.32 Å². The van der Waals surface area contributed by atoms with Gasteiger partial charge in [-0.25, -0.2) is 0 Å². The maximum atomic E-state index is 11.6. The largest absolute Gasteiger partial charge is 0.384 e. The van der Waals surface area contributed by atoms with E-state index in [0.717, 1.165) is 32.5 Å². The number of hydrogen-bond acceptors (Lipinski definition) is 3. The first kappa shape index (κ1) is 17.6. The molecule has 0 saturated carbocycles. The topological polar surface area (TPSA) is 52.6 Å². The molecule has 0 bridgehead atoms. The lowest BCUT2D eigenvalue weighted by atomic mass is 10.0. The van der Waals surface area contributed by atoms with Crippen molar-refractivity contribution in [1.29, 1.82) is 0 Å². The summed E-state index contributed by atoms with van der Waals surface area (Å²) in [5.74, 6) is -0.269. The Labute approximate surface area is 149 Å². The third-order valence-electron chi connectivity index (χ3n) is 4.78. The molecule has 0 unspecified atom stereocenters. The fourth-order valence-electron chi connectivity index (χ4n) is 3.25. The second-order valence-corrected chi connectivity index (χ2v) is 6.80. The van der Waals surface area contributed by atoms with E-state index in [0.29, 0.717) is 0 Å². The molecule has 1 atom stereocenters. The number of piperidine rings is 1. The van der Waals surface area contributed by atoms with Crippen molar-refractivity contribution >= 4 is 5.91 Å². The molecule has 2 aromatic carbocycles. The van der Waals surface area contributed by atoms with Gasteiger partial charge in [0.1, 0.15) is 6.10 Å². The van der Waals surface area contributed by atoms with Gasteiger partial charge in [0.2, 0.25) is 5.91 Å². The van der Waals surface area contributed by atoms with Crippen LogP contribution in [0.5, 0.6) is 0 Å². The van der Waals surface area contributed by atoms with Crippen molar-refractivity contribution in [1.82, 2.24) is 10.2 Å². The normalized spacial score (nSPS) is 17.2. The number of benzene rings is 2. The van der Waals surface area contributed by atoms with Crippen LogP contribution in [0.4, 0.5) is 0 Å². The molecule has 1 heterocycles. The van der Waals surface area contributed by atoms with Gasteiger partial charge in [-0.3, -0.25) is 9.69 Å². The molecular weight excluding hydrogens is 312 g/mol. The summed E-state index contributed by atoms with van der Waals surface area (Å²) in [5.41, 5.74) is 3.79. The zero-order chi connectivity index (χ0) is 17.6. The van der Waals surface area contributed by atoms with Gasteiger partial charge in [-0.15, -0.1) is 0 Å². The first-order valence-electron chi connectivity index (χ1n) is 8.97. The zero-order valence-corrected chi connectivity index (χ0v) is 14.7. The van der Waals surface area contributed by atoms with Crippen LogP contribution in [-0.2, 0) is 11.3 Å². The van der Waals surface area contributed by atoms with Crippen molar-refractivity contribution in [3.63, 3.8) is 0 Å². The number of rotatable bonds is 5. The van der Waals surface area contributed by atoms with E-state index in [-0.39, 0.29) is 11.9 Å². The highest BCUT2D eigenvalue weighted by Gasteiger charge is 2.22. The minimum atomic E-state index is -0.929. The van der Waals surface area contributed by atoms with Crippen molar-refractivity contribution in [2.75, 3.05) is 13.1 Å². The Hall–Kier alpha value is -2.17. The van der Waals surface area contributed by atoms with Crippen molar-refractivity contribution < 1.29 is 9.90 Å². The average molecular weight is 338 g/mol. The monoisotopic (exact) mass is 338 g/mol. The number of nitrogens with one attached hydrogen (secondary N) is 1. The zero-order valence-electron chi connectivity index (χ0n) is 14.7. The van der Waals surface area contributed by atoms with Gasteiger partial charge in [0, 0.05) is 25.7 Å². The highest BCUT2D eigenvalue weighted by atomic mass is 16.3. The summed E-state index contributed by atoms with van der Waals surface area (Å²) in [6.07, 6.45) is 0.933. The fourth-order valence-corrected chi connectivity index (χ4v) is 3.25. The van der Waals surface area contributed by atoms with Gasteiger partial charge in [-0.2, -0.15) is 0 Å². The number of carbonyl (C=O) groups excluding carboxylic acids is 1. The molecule has 0 aromatic heterocycles. The molecule has 3 rings (SSSR count). The Morgan fingerprint density at radius 1 is 1.08 bits per heavy atom. The molecule has 2 aromatic rings. The number of aliphatic hydroxyl groups excluding tert-OH is 1. The molecule has 1 aliphatic rings. The second kappa shape index (κ2) is 8.28. The van der Waals surface area contributed by atoms with Gasteiger partial charge in [-0.1, -0.05) is 54.6 Å². The summed E-state index contributed by atoms with van der Waals surface area (Å²) >= 11 is 0. The van der Waals surface area contributed by atoms with Crippen molar-refractivity contribution in [3.8, 4) is 11.1 Å². The van der Waals surface area contributed by atoms with Gasteiger partial charge in [0.05, 0.1) is 0 Å². The number of likely N-dealkylation sites (tertiary alicyclic amines) is 1. The van der Waals surface area contributed by atoms with Gasteiger partial charge in [-0.05, 0) is 36.5 Å². The molecule has 1 amide bonds. The molecule has 2 N–H and O–H groups in total. The summed E-state index contributed by atoms with van der Waals surface area (Å²) in [7, 11) is 0.